The van der Waals surface area contributed by atoms with Gasteiger partial charge >= 0.3 is 11.9 Å². The molecule has 84 valence electrons. The number of carboxylic acid groups (broad SMARTS) is 1. The van der Waals surface area contributed by atoms with Crippen LogP contribution in [0.25, 0.3) is 0 Å². The van der Waals surface area contributed by atoms with E-state index in [-0.39, 0.29) is 17.2 Å². The van der Waals surface area contributed by atoms with Crippen LogP contribution in [0, 0.1) is 0 Å². The fraction of sp³-hybridized carbons (Fsp3) is 0.273. The van der Waals surface area contributed by atoms with Crippen LogP contribution < -0.4 is 0 Å². The van der Waals surface area contributed by atoms with E-state index in [4.69, 9.17) is 9.84 Å². The standard InChI is InChI=1S/C11H10O5/c1-5-4-6-2-3-7(10(13)14)9(12)8(6)11(15)16-5/h2-3,5,12H,4H2,1H3,(H,13,14)/t5-/m1/s1. The van der Waals surface area contributed by atoms with Crippen molar-refractivity contribution >= 4 is 11.9 Å². The summed E-state index contributed by atoms with van der Waals surface area (Å²) in [5.41, 5.74) is 0.300. The van der Waals surface area contributed by atoms with Gasteiger partial charge in [-0.15, -0.1) is 0 Å². The molecule has 0 amide bonds. The molecular formula is C11H10O5. The Morgan fingerprint density at radius 3 is 2.81 bits per heavy atom. The van der Waals surface area contributed by atoms with Gasteiger partial charge in [0.1, 0.15) is 23.0 Å². The monoisotopic (exact) mass is 222 g/mol. The first-order valence-corrected chi connectivity index (χ1v) is 4.80. The van der Waals surface area contributed by atoms with E-state index in [1.807, 2.05) is 0 Å². The summed E-state index contributed by atoms with van der Waals surface area (Å²) < 4.78 is 4.94. The number of fused-ring (bicyclic) bond motifs is 1. The molecule has 2 N–H and O–H groups in total. The lowest BCUT2D eigenvalue weighted by Gasteiger charge is -2.22. The smallest absolute Gasteiger partial charge is 0.342 e. The third-order valence-electron chi connectivity index (χ3n) is 2.51. The number of cyclic esters (lactones) is 1. The molecule has 0 aliphatic carbocycles. The molecule has 1 heterocycles. The predicted molar refractivity (Wildman–Crippen MR) is 53.6 cm³/mol. The molecule has 1 aromatic carbocycles. The van der Waals surface area contributed by atoms with Gasteiger partial charge in [-0.05, 0) is 18.6 Å². The maximum Gasteiger partial charge on any atom is 0.342 e. The number of benzene rings is 1. The van der Waals surface area contributed by atoms with Gasteiger partial charge in [0.2, 0.25) is 0 Å². The summed E-state index contributed by atoms with van der Waals surface area (Å²) in [6, 6.07) is 2.83. The van der Waals surface area contributed by atoms with E-state index < -0.39 is 17.7 Å². The molecule has 0 radical (unpaired) electrons. The molecule has 0 spiro atoms. The van der Waals surface area contributed by atoms with Crippen LogP contribution in [0.5, 0.6) is 5.75 Å². The second-order valence-electron chi connectivity index (χ2n) is 3.72. The van der Waals surface area contributed by atoms with Gasteiger partial charge in [0.05, 0.1) is 0 Å². The summed E-state index contributed by atoms with van der Waals surface area (Å²) in [5.74, 6) is -2.46. The van der Waals surface area contributed by atoms with Gasteiger partial charge in [0, 0.05) is 6.42 Å². The summed E-state index contributed by atoms with van der Waals surface area (Å²) >= 11 is 0. The van der Waals surface area contributed by atoms with Gasteiger partial charge in [-0.3, -0.25) is 0 Å². The average molecular weight is 222 g/mol. The molecular weight excluding hydrogens is 212 g/mol. The van der Waals surface area contributed by atoms with Crippen LogP contribution in [-0.4, -0.2) is 28.3 Å². The zero-order valence-corrected chi connectivity index (χ0v) is 8.56. The average Bonchev–Trinajstić information content (AvgIpc) is 2.15. The van der Waals surface area contributed by atoms with Gasteiger partial charge in [-0.1, -0.05) is 6.07 Å². The molecule has 0 unspecified atom stereocenters. The van der Waals surface area contributed by atoms with Crippen LogP contribution in [0.3, 0.4) is 0 Å². The van der Waals surface area contributed by atoms with Crippen molar-refractivity contribution in [2.75, 3.05) is 0 Å². The number of ether oxygens (including phenoxy) is 1. The zero-order chi connectivity index (χ0) is 11.9. The van der Waals surface area contributed by atoms with Gasteiger partial charge in [0.15, 0.2) is 0 Å². The molecule has 0 fully saturated rings. The molecule has 5 nitrogen and oxygen atoms in total. The van der Waals surface area contributed by atoms with Crippen molar-refractivity contribution in [2.45, 2.75) is 19.4 Å². The Labute approximate surface area is 91.3 Å². The van der Waals surface area contributed by atoms with Crippen LogP contribution >= 0.6 is 0 Å². The van der Waals surface area contributed by atoms with E-state index in [1.165, 1.54) is 12.1 Å². The molecule has 0 saturated carbocycles. The third kappa shape index (κ3) is 1.50. The minimum Gasteiger partial charge on any atom is -0.506 e. The van der Waals surface area contributed by atoms with Crippen LogP contribution in [0.4, 0.5) is 0 Å². The highest BCUT2D eigenvalue weighted by molar-refractivity contribution is 6.01. The van der Waals surface area contributed by atoms with Crippen molar-refractivity contribution in [3.8, 4) is 5.75 Å². The van der Waals surface area contributed by atoms with E-state index in [9.17, 15) is 14.7 Å². The Bertz CT molecular complexity index is 478. The van der Waals surface area contributed by atoms with Crippen LogP contribution in [0.1, 0.15) is 33.2 Å². The maximum absolute atomic E-state index is 11.5. The summed E-state index contributed by atoms with van der Waals surface area (Å²) in [5, 5.41) is 18.5. The van der Waals surface area contributed by atoms with Crippen LogP contribution in [0.2, 0.25) is 0 Å². The topological polar surface area (TPSA) is 83.8 Å². The van der Waals surface area contributed by atoms with Crippen molar-refractivity contribution in [2.24, 2.45) is 0 Å². The Morgan fingerprint density at radius 2 is 2.19 bits per heavy atom. The number of aromatic hydroxyl groups is 1. The molecule has 2 rings (SSSR count). The molecule has 5 heteroatoms. The quantitative estimate of drug-likeness (QED) is 0.697. The number of aromatic carboxylic acids is 1. The van der Waals surface area contributed by atoms with Crippen molar-refractivity contribution in [1.82, 2.24) is 0 Å². The number of hydrogen-bond donors (Lipinski definition) is 2. The van der Waals surface area contributed by atoms with E-state index in [2.05, 4.69) is 0 Å². The fourth-order valence-electron chi connectivity index (χ4n) is 1.80. The van der Waals surface area contributed by atoms with Crippen LogP contribution in [0.15, 0.2) is 12.1 Å². The van der Waals surface area contributed by atoms with E-state index in [0.717, 1.165) is 0 Å². The number of esters is 1. The molecule has 1 aromatic rings. The van der Waals surface area contributed by atoms with Gasteiger partial charge < -0.3 is 14.9 Å². The van der Waals surface area contributed by atoms with E-state index in [1.54, 1.807) is 6.92 Å². The van der Waals surface area contributed by atoms with Crippen molar-refractivity contribution < 1.29 is 24.5 Å². The highest BCUT2D eigenvalue weighted by Gasteiger charge is 2.29. The molecule has 0 saturated heterocycles. The van der Waals surface area contributed by atoms with E-state index in [0.29, 0.717) is 12.0 Å². The van der Waals surface area contributed by atoms with E-state index >= 15 is 0 Å². The number of rotatable bonds is 1. The van der Waals surface area contributed by atoms with Crippen molar-refractivity contribution in [1.29, 1.82) is 0 Å². The Hall–Kier alpha value is -2.04. The number of hydrogen-bond acceptors (Lipinski definition) is 4. The number of carbonyl (C=O) groups is 2. The number of phenols is 1. The zero-order valence-electron chi connectivity index (χ0n) is 8.56. The first-order chi connectivity index (χ1) is 7.50. The second-order valence-corrected chi connectivity index (χ2v) is 3.72. The van der Waals surface area contributed by atoms with Gasteiger partial charge in [0.25, 0.3) is 0 Å². The minimum absolute atomic E-state index is 0.0296. The first-order valence-electron chi connectivity index (χ1n) is 4.80. The highest BCUT2D eigenvalue weighted by Crippen LogP contribution is 2.31. The highest BCUT2D eigenvalue weighted by atomic mass is 16.5. The third-order valence-corrected chi connectivity index (χ3v) is 2.51. The summed E-state index contributed by atoms with van der Waals surface area (Å²) in [4.78, 5) is 22.3. The Morgan fingerprint density at radius 1 is 1.50 bits per heavy atom. The Balaban J connectivity index is 2.61. The molecule has 1 aliphatic heterocycles. The van der Waals surface area contributed by atoms with Gasteiger partial charge in [-0.2, -0.15) is 0 Å². The second kappa shape index (κ2) is 3.52. The van der Waals surface area contributed by atoms with Crippen molar-refractivity contribution in [3.63, 3.8) is 0 Å². The lowest BCUT2D eigenvalue weighted by molar-refractivity contribution is 0.0297. The molecule has 0 bridgehead atoms. The summed E-state index contributed by atoms with van der Waals surface area (Å²) in [6.45, 7) is 1.74. The molecule has 1 atom stereocenters. The van der Waals surface area contributed by atoms with Gasteiger partial charge in [-0.25, -0.2) is 9.59 Å². The lowest BCUT2D eigenvalue weighted by atomic mass is 9.96. The lowest BCUT2D eigenvalue weighted by Crippen LogP contribution is -2.25. The largest absolute Gasteiger partial charge is 0.506 e. The fourth-order valence-corrected chi connectivity index (χ4v) is 1.80. The van der Waals surface area contributed by atoms with Crippen LogP contribution in [-0.2, 0) is 11.2 Å². The summed E-state index contributed by atoms with van der Waals surface area (Å²) in [6.07, 6.45) is 0.226. The minimum atomic E-state index is -1.27. The Kier molecular flexibility index (Phi) is 2.30. The van der Waals surface area contributed by atoms with Crippen molar-refractivity contribution in [3.05, 3.63) is 28.8 Å². The predicted octanol–water partition coefficient (Wildman–Crippen LogP) is 1.19. The number of carboxylic acids is 1. The molecule has 1 aliphatic rings. The SMILES string of the molecule is C[C@@H]1Cc2ccc(C(=O)O)c(O)c2C(=O)O1. The maximum atomic E-state index is 11.5. The normalized spacial score (nSPS) is 18.8. The molecule has 0 aromatic heterocycles. The number of carbonyl (C=O) groups excluding carboxylic acids is 1. The molecule has 16 heavy (non-hydrogen) atoms. The summed E-state index contributed by atoms with van der Waals surface area (Å²) in [7, 11) is 0. The first kappa shape index (κ1) is 10.5.